The lowest BCUT2D eigenvalue weighted by molar-refractivity contribution is 0.373. The van der Waals surface area contributed by atoms with E-state index in [1.165, 1.54) is 7.11 Å². The Morgan fingerprint density at radius 3 is 2.87 bits per heavy atom. The van der Waals surface area contributed by atoms with Crippen molar-refractivity contribution >= 4 is 34.8 Å². The Morgan fingerprint density at radius 2 is 2.13 bits per heavy atom. The highest BCUT2D eigenvalue weighted by atomic mass is 35.5. The number of phenolic OH excluding ortho intramolecular Hbond substituents is 1. The smallest absolute Gasteiger partial charge is 0.224 e. The molecular weight excluding hydrogens is 316 g/mol. The fourth-order valence-corrected chi connectivity index (χ4v) is 2.45. The van der Waals surface area contributed by atoms with Crippen LogP contribution in [-0.2, 0) is 7.05 Å². The average Bonchev–Trinajstić information content (AvgIpc) is 2.87. The molecule has 0 radical (unpaired) electrons. The van der Waals surface area contributed by atoms with Crippen molar-refractivity contribution in [2.75, 3.05) is 12.5 Å². The molecule has 118 valence electrons. The van der Waals surface area contributed by atoms with Gasteiger partial charge >= 0.3 is 0 Å². The third kappa shape index (κ3) is 2.93. The number of fused-ring (bicyclic) bond motifs is 1. The van der Waals surface area contributed by atoms with Crippen LogP contribution in [0.5, 0.6) is 11.5 Å². The molecular formula is C16H15ClN4O2. The van der Waals surface area contributed by atoms with Gasteiger partial charge in [-0.2, -0.15) is 5.10 Å². The maximum absolute atomic E-state index is 9.71. The zero-order valence-electron chi connectivity index (χ0n) is 12.6. The molecule has 0 amide bonds. The standard InChI is InChI=1S/C16H15ClN4O2/c1-21-13-6-4-3-5-12(13)19-16(21)20-18-9-10-7-11(17)15(22)14(8-10)23-2/h3-9,22H,1-2H3,(H,19,20)/b18-9-. The molecule has 0 bridgehead atoms. The molecule has 7 heteroatoms. The molecule has 2 N–H and O–H groups in total. The van der Waals surface area contributed by atoms with Gasteiger partial charge in [-0.15, -0.1) is 0 Å². The number of anilines is 1. The van der Waals surface area contributed by atoms with Gasteiger partial charge in [0.25, 0.3) is 0 Å². The molecule has 23 heavy (non-hydrogen) atoms. The second-order valence-electron chi connectivity index (χ2n) is 4.91. The molecule has 0 aliphatic heterocycles. The van der Waals surface area contributed by atoms with E-state index in [-0.39, 0.29) is 10.8 Å². The maximum atomic E-state index is 9.71. The van der Waals surface area contributed by atoms with Gasteiger partial charge in [0.2, 0.25) is 5.95 Å². The molecule has 1 aromatic heterocycles. The van der Waals surface area contributed by atoms with Crippen molar-refractivity contribution in [1.29, 1.82) is 0 Å². The van der Waals surface area contributed by atoms with Crippen molar-refractivity contribution in [2.24, 2.45) is 12.1 Å². The number of rotatable bonds is 4. The number of hydrogen-bond acceptors (Lipinski definition) is 5. The largest absolute Gasteiger partial charge is 0.503 e. The predicted molar refractivity (Wildman–Crippen MR) is 91.6 cm³/mol. The lowest BCUT2D eigenvalue weighted by Crippen LogP contribution is -1.99. The van der Waals surface area contributed by atoms with Crippen LogP contribution < -0.4 is 10.2 Å². The SMILES string of the molecule is COc1cc(/C=N\Nc2nc3ccccc3n2C)cc(Cl)c1O. The summed E-state index contributed by atoms with van der Waals surface area (Å²) in [7, 11) is 3.37. The number of nitrogens with one attached hydrogen (secondary N) is 1. The van der Waals surface area contributed by atoms with Gasteiger partial charge < -0.3 is 14.4 Å². The molecule has 0 unspecified atom stereocenters. The highest BCUT2D eigenvalue weighted by Gasteiger charge is 2.08. The van der Waals surface area contributed by atoms with Crippen molar-refractivity contribution in [3.63, 3.8) is 0 Å². The number of methoxy groups -OCH3 is 1. The fraction of sp³-hybridized carbons (Fsp3) is 0.125. The van der Waals surface area contributed by atoms with Crippen molar-refractivity contribution in [2.45, 2.75) is 0 Å². The first-order chi connectivity index (χ1) is 11.1. The first-order valence-electron chi connectivity index (χ1n) is 6.87. The first kappa shape index (κ1) is 15.2. The summed E-state index contributed by atoms with van der Waals surface area (Å²) >= 11 is 5.94. The Balaban J connectivity index is 1.83. The number of aromatic hydroxyl groups is 1. The summed E-state index contributed by atoms with van der Waals surface area (Å²) in [4.78, 5) is 4.46. The van der Waals surface area contributed by atoms with Gasteiger partial charge in [-0.1, -0.05) is 23.7 Å². The Bertz CT molecular complexity index is 889. The maximum Gasteiger partial charge on any atom is 0.224 e. The topological polar surface area (TPSA) is 71.7 Å². The van der Waals surface area contributed by atoms with Gasteiger partial charge in [0, 0.05) is 7.05 Å². The lowest BCUT2D eigenvalue weighted by Gasteiger charge is -2.06. The highest BCUT2D eigenvalue weighted by molar-refractivity contribution is 6.32. The van der Waals surface area contributed by atoms with E-state index >= 15 is 0 Å². The average molecular weight is 331 g/mol. The Hall–Kier alpha value is -2.73. The number of phenols is 1. The molecule has 0 saturated carbocycles. The second kappa shape index (κ2) is 6.18. The molecule has 0 spiro atoms. The normalized spacial score (nSPS) is 11.3. The van der Waals surface area contributed by atoms with E-state index in [9.17, 15) is 5.11 Å². The van der Waals surface area contributed by atoms with Crippen molar-refractivity contribution in [3.8, 4) is 11.5 Å². The van der Waals surface area contributed by atoms with Crippen LogP contribution in [-0.4, -0.2) is 28.0 Å². The number of para-hydroxylation sites is 2. The summed E-state index contributed by atoms with van der Waals surface area (Å²) in [6, 6.07) is 11.1. The summed E-state index contributed by atoms with van der Waals surface area (Å²) < 4.78 is 6.97. The number of benzene rings is 2. The molecule has 2 aromatic carbocycles. The van der Waals surface area contributed by atoms with Gasteiger partial charge in [-0.3, -0.25) is 0 Å². The molecule has 1 heterocycles. The zero-order chi connectivity index (χ0) is 16.4. The molecule has 0 aliphatic carbocycles. The van der Waals surface area contributed by atoms with Crippen LogP contribution in [0, 0.1) is 0 Å². The van der Waals surface area contributed by atoms with Crippen LogP contribution >= 0.6 is 11.6 Å². The van der Waals surface area contributed by atoms with Crippen molar-refractivity contribution in [1.82, 2.24) is 9.55 Å². The minimum atomic E-state index is -0.0883. The minimum Gasteiger partial charge on any atom is -0.503 e. The van der Waals surface area contributed by atoms with Gasteiger partial charge in [0.1, 0.15) is 0 Å². The molecule has 0 aliphatic rings. The van der Waals surface area contributed by atoms with Gasteiger partial charge in [-0.25, -0.2) is 10.4 Å². The van der Waals surface area contributed by atoms with E-state index in [1.807, 2.05) is 35.9 Å². The molecule has 0 saturated heterocycles. The van der Waals surface area contributed by atoms with Crippen LogP contribution in [0.25, 0.3) is 11.0 Å². The third-order valence-electron chi connectivity index (χ3n) is 3.44. The molecule has 0 atom stereocenters. The summed E-state index contributed by atoms with van der Waals surface area (Å²) in [5, 5.41) is 14.1. The number of halogens is 1. The summed E-state index contributed by atoms with van der Waals surface area (Å²) in [5.41, 5.74) is 5.49. The van der Waals surface area contributed by atoms with E-state index in [0.717, 1.165) is 11.0 Å². The van der Waals surface area contributed by atoms with Crippen molar-refractivity contribution < 1.29 is 9.84 Å². The molecule has 0 fully saturated rings. The number of aryl methyl sites for hydroxylation is 1. The summed E-state index contributed by atoms with van der Waals surface area (Å²) in [6.07, 6.45) is 1.58. The summed E-state index contributed by atoms with van der Waals surface area (Å²) in [6.45, 7) is 0. The number of imidazole rings is 1. The molecule has 3 aromatic rings. The lowest BCUT2D eigenvalue weighted by atomic mass is 10.2. The van der Waals surface area contributed by atoms with Crippen LogP contribution in [0.2, 0.25) is 5.02 Å². The van der Waals surface area contributed by atoms with E-state index in [0.29, 0.717) is 17.3 Å². The Kier molecular flexibility index (Phi) is 4.08. The van der Waals surface area contributed by atoms with E-state index in [2.05, 4.69) is 15.5 Å². The first-order valence-corrected chi connectivity index (χ1v) is 7.25. The number of hydrazone groups is 1. The quantitative estimate of drug-likeness (QED) is 0.568. The van der Waals surface area contributed by atoms with Gasteiger partial charge in [0.05, 0.1) is 29.4 Å². The monoisotopic (exact) mass is 330 g/mol. The number of nitrogens with zero attached hydrogens (tertiary/aromatic N) is 3. The zero-order valence-corrected chi connectivity index (χ0v) is 13.4. The number of aromatic nitrogens is 2. The highest BCUT2D eigenvalue weighted by Crippen LogP contribution is 2.34. The molecule has 6 nitrogen and oxygen atoms in total. The van der Waals surface area contributed by atoms with Crippen LogP contribution in [0.4, 0.5) is 5.95 Å². The minimum absolute atomic E-state index is 0.0883. The van der Waals surface area contributed by atoms with Gasteiger partial charge in [0.15, 0.2) is 11.5 Å². The van der Waals surface area contributed by atoms with E-state index in [1.54, 1.807) is 18.3 Å². The van der Waals surface area contributed by atoms with E-state index < -0.39 is 0 Å². The van der Waals surface area contributed by atoms with Crippen LogP contribution in [0.15, 0.2) is 41.5 Å². The number of hydrogen-bond donors (Lipinski definition) is 2. The van der Waals surface area contributed by atoms with Crippen LogP contribution in [0.1, 0.15) is 5.56 Å². The van der Waals surface area contributed by atoms with Gasteiger partial charge in [-0.05, 0) is 29.8 Å². The van der Waals surface area contributed by atoms with Crippen LogP contribution in [0.3, 0.4) is 0 Å². The number of ether oxygens (including phenoxy) is 1. The Labute approximate surface area is 138 Å². The second-order valence-corrected chi connectivity index (χ2v) is 5.31. The molecule has 3 rings (SSSR count). The van der Waals surface area contributed by atoms with Crippen molar-refractivity contribution in [3.05, 3.63) is 47.0 Å². The Morgan fingerprint density at radius 1 is 1.35 bits per heavy atom. The predicted octanol–water partition coefficient (Wildman–Crippen LogP) is 3.39. The third-order valence-corrected chi connectivity index (χ3v) is 3.72. The summed E-state index contributed by atoms with van der Waals surface area (Å²) in [5.74, 6) is 0.829. The fourth-order valence-electron chi connectivity index (χ4n) is 2.23. The van der Waals surface area contributed by atoms with E-state index in [4.69, 9.17) is 16.3 Å².